The molecule has 21 heavy (non-hydrogen) atoms. The van der Waals surface area contributed by atoms with E-state index in [0.29, 0.717) is 5.69 Å². The second-order valence-electron chi connectivity index (χ2n) is 4.17. The van der Waals surface area contributed by atoms with Crippen molar-refractivity contribution in [2.24, 2.45) is 10.9 Å². The van der Waals surface area contributed by atoms with Crippen LogP contribution >= 0.6 is 15.9 Å². The molecule has 0 aliphatic carbocycles. The molecule has 0 bridgehead atoms. The van der Waals surface area contributed by atoms with Crippen molar-refractivity contribution in [2.45, 2.75) is 0 Å². The van der Waals surface area contributed by atoms with Crippen LogP contribution in [0.15, 0.2) is 64.2 Å². The van der Waals surface area contributed by atoms with Crippen LogP contribution in [0.2, 0.25) is 0 Å². The van der Waals surface area contributed by atoms with Gasteiger partial charge in [-0.05, 0) is 24.3 Å². The van der Waals surface area contributed by atoms with E-state index in [1.807, 2.05) is 42.5 Å². The molecule has 0 aliphatic rings. The largest absolute Gasteiger partial charge is 0.384 e. The predicted octanol–water partition coefficient (Wildman–Crippen LogP) is 2.72. The zero-order valence-corrected chi connectivity index (χ0v) is 12.7. The maximum absolute atomic E-state index is 11.7. The average Bonchev–Trinajstić information content (AvgIpc) is 2.50. The highest BCUT2D eigenvalue weighted by Gasteiger charge is 2.03. The minimum absolute atomic E-state index is 0.205. The van der Waals surface area contributed by atoms with Gasteiger partial charge in [0.1, 0.15) is 0 Å². The van der Waals surface area contributed by atoms with E-state index in [1.54, 1.807) is 12.1 Å². The number of carbonyl (C=O) groups excluding carboxylic acids is 1. The number of amidine groups is 1. The summed E-state index contributed by atoms with van der Waals surface area (Å²) in [5.41, 5.74) is 7.17. The van der Waals surface area contributed by atoms with Gasteiger partial charge in [-0.1, -0.05) is 51.4 Å². The highest BCUT2D eigenvalue weighted by Crippen LogP contribution is 2.13. The number of hydrogen-bond acceptors (Lipinski definition) is 3. The van der Waals surface area contributed by atoms with Gasteiger partial charge in [-0.2, -0.15) is 0 Å². The summed E-state index contributed by atoms with van der Waals surface area (Å²) in [4.78, 5) is 16.6. The Morgan fingerprint density at radius 1 is 1.14 bits per heavy atom. The summed E-state index contributed by atoms with van der Waals surface area (Å²) in [7, 11) is 0. The Morgan fingerprint density at radius 3 is 2.48 bits per heavy atom. The maximum Gasteiger partial charge on any atom is 0.265 e. The lowest BCUT2D eigenvalue weighted by molar-refractivity contribution is -0.120. The van der Waals surface area contributed by atoms with Gasteiger partial charge in [-0.25, -0.2) is 0 Å². The highest BCUT2D eigenvalue weighted by molar-refractivity contribution is 9.10. The lowest BCUT2D eigenvalue weighted by Gasteiger charge is -2.05. The Kier molecular flexibility index (Phi) is 5.34. The van der Waals surface area contributed by atoms with Crippen LogP contribution in [-0.2, 0) is 9.63 Å². The fraction of sp³-hybridized carbons (Fsp3) is 0.0667. The number of oxime groups is 1. The highest BCUT2D eigenvalue weighted by atomic mass is 79.9. The number of amides is 1. The van der Waals surface area contributed by atoms with Gasteiger partial charge in [-0.3, -0.25) is 4.79 Å². The molecule has 5 nitrogen and oxygen atoms in total. The molecular weight excluding hydrogens is 334 g/mol. The number of carbonyl (C=O) groups is 1. The fourth-order valence-corrected chi connectivity index (χ4v) is 1.82. The molecule has 0 radical (unpaired) electrons. The third-order valence-electron chi connectivity index (χ3n) is 2.56. The number of benzene rings is 2. The summed E-state index contributed by atoms with van der Waals surface area (Å²) in [6.45, 7) is -0.205. The Balaban J connectivity index is 1.83. The van der Waals surface area contributed by atoms with E-state index in [0.717, 1.165) is 10.0 Å². The number of rotatable bonds is 5. The molecule has 0 saturated carbocycles. The van der Waals surface area contributed by atoms with E-state index in [9.17, 15) is 4.79 Å². The molecule has 0 atom stereocenters. The Labute approximate surface area is 130 Å². The van der Waals surface area contributed by atoms with E-state index >= 15 is 0 Å². The molecule has 0 saturated heterocycles. The standard InChI is InChI=1S/C15H14BrN3O2/c16-12-6-8-13(9-7-12)18-14(20)10-21-19-15(17)11-4-2-1-3-5-11/h1-9H,10H2,(H2,17,19)(H,18,20). The molecule has 2 aromatic carbocycles. The molecule has 108 valence electrons. The normalized spacial score (nSPS) is 11.0. The van der Waals surface area contributed by atoms with E-state index in [2.05, 4.69) is 26.4 Å². The number of nitrogens with zero attached hydrogens (tertiary/aromatic N) is 1. The van der Waals surface area contributed by atoms with Crippen molar-refractivity contribution < 1.29 is 9.63 Å². The van der Waals surface area contributed by atoms with Crippen LogP contribution in [0.4, 0.5) is 5.69 Å². The second-order valence-corrected chi connectivity index (χ2v) is 5.09. The van der Waals surface area contributed by atoms with E-state index < -0.39 is 0 Å². The molecule has 2 rings (SSSR count). The predicted molar refractivity (Wildman–Crippen MR) is 85.9 cm³/mol. The summed E-state index contributed by atoms with van der Waals surface area (Å²) < 4.78 is 0.942. The molecule has 0 unspecified atom stereocenters. The molecule has 0 fully saturated rings. The van der Waals surface area contributed by atoms with Gasteiger partial charge in [0.15, 0.2) is 12.4 Å². The SMILES string of the molecule is N/C(=N/OCC(=O)Nc1ccc(Br)cc1)c1ccccc1. The first-order valence-corrected chi connectivity index (χ1v) is 7.01. The van der Waals surface area contributed by atoms with E-state index in [4.69, 9.17) is 10.6 Å². The minimum atomic E-state index is -0.304. The molecule has 1 amide bonds. The Morgan fingerprint density at radius 2 is 1.81 bits per heavy atom. The first-order valence-electron chi connectivity index (χ1n) is 6.21. The van der Waals surface area contributed by atoms with Crippen molar-refractivity contribution in [1.82, 2.24) is 0 Å². The average molecular weight is 348 g/mol. The third-order valence-corrected chi connectivity index (χ3v) is 3.08. The van der Waals surface area contributed by atoms with Gasteiger partial charge < -0.3 is 15.9 Å². The monoisotopic (exact) mass is 347 g/mol. The van der Waals surface area contributed by atoms with Crippen LogP contribution < -0.4 is 11.1 Å². The summed E-state index contributed by atoms with van der Waals surface area (Å²) in [6, 6.07) is 16.4. The number of hydrogen-bond donors (Lipinski definition) is 2. The number of anilines is 1. The van der Waals surface area contributed by atoms with Crippen LogP contribution in [0.3, 0.4) is 0 Å². The van der Waals surface area contributed by atoms with Crippen molar-refractivity contribution in [2.75, 3.05) is 11.9 Å². The number of nitrogens with one attached hydrogen (secondary N) is 1. The number of halogens is 1. The van der Waals surface area contributed by atoms with Gasteiger partial charge in [0, 0.05) is 15.7 Å². The fourth-order valence-electron chi connectivity index (χ4n) is 1.55. The molecule has 0 aromatic heterocycles. The lowest BCUT2D eigenvalue weighted by Crippen LogP contribution is -2.19. The van der Waals surface area contributed by atoms with Gasteiger partial charge >= 0.3 is 0 Å². The van der Waals surface area contributed by atoms with Crippen molar-refractivity contribution >= 4 is 33.4 Å². The van der Waals surface area contributed by atoms with Gasteiger partial charge in [0.25, 0.3) is 5.91 Å². The zero-order valence-electron chi connectivity index (χ0n) is 11.1. The minimum Gasteiger partial charge on any atom is -0.384 e. The summed E-state index contributed by atoms with van der Waals surface area (Å²) >= 11 is 3.32. The van der Waals surface area contributed by atoms with E-state index in [1.165, 1.54) is 0 Å². The molecule has 3 N–H and O–H groups in total. The second kappa shape index (κ2) is 7.44. The zero-order chi connectivity index (χ0) is 15.1. The van der Waals surface area contributed by atoms with Crippen LogP contribution in [0.5, 0.6) is 0 Å². The summed E-state index contributed by atoms with van der Waals surface area (Å²) in [5, 5.41) is 6.40. The summed E-state index contributed by atoms with van der Waals surface area (Å²) in [5.74, 6) is -0.0750. The Hall–Kier alpha value is -2.34. The molecule has 0 heterocycles. The molecule has 2 aromatic rings. The number of nitrogens with two attached hydrogens (primary N) is 1. The van der Waals surface area contributed by atoms with Crippen LogP contribution in [0.25, 0.3) is 0 Å². The van der Waals surface area contributed by atoms with Gasteiger partial charge in [0.05, 0.1) is 0 Å². The molecule has 6 heteroatoms. The van der Waals surface area contributed by atoms with Gasteiger partial charge in [0.2, 0.25) is 0 Å². The van der Waals surface area contributed by atoms with E-state index in [-0.39, 0.29) is 18.3 Å². The van der Waals surface area contributed by atoms with Crippen molar-refractivity contribution in [3.8, 4) is 0 Å². The summed E-state index contributed by atoms with van der Waals surface area (Å²) in [6.07, 6.45) is 0. The van der Waals surface area contributed by atoms with Gasteiger partial charge in [-0.15, -0.1) is 0 Å². The van der Waals surface area contributed by atoms with Crippen LogP contribution in [-0.4, -0.2) is 18.3 Å². The van der Waals surface area contributed by atoms with Crippen molar-refractivity contribution in [1.29, 1.82) is 0 Å². The third kappa shape index (κ3) is 4.92. The van der Waals surface area contributed by atoms with Crippen molar-refractivity contribution in [3.63, 3.8) is 0 Å². The Bertz CT molecular complexity index is 627. The first kappa shape index (κ1) is 15.1. The van der Waals surface area contributed by atoms with Crippen LogP contribution in [0.1, 0.15) is 5.56 Å². The first-order chi connectivity index (χ1) is 10.1. The molecular formula is C15H14BrN3O2. The lowest BCUT2D eigenvalue weighted by atomic mass is 10.2. The molecule has 0 spiro atoms. The van der Waals surface area contributed by atoms with Crippen LogP contribution in [0, 0.1) is 0 Å². The quantitative estimate of drug-likeness (QED) is 0.496. The topological polar surface area (TPSA) is 76.7 Å². The smallest absolute Gasteiger partial charge is 0.265 e. The molecule has 0 aliphatic heterocycles. The maximum atomic E-state index is 11.7. The van der Waals surface area contributed by atoms with Crippen molar-refractivity contribution in [3.05, 3.63) is 64.6 Å².